The third-order valence-electron chi connectivity index (χ3n) is 3.13. The molecule has 1 aliphatic heterocycles. The standard InChI is InChI=1S/C14H13N3O2/c1-14(2)10-7-9(11-5-6-15-8-16-11)3-4-12(10)17-13(18)19-14/h3-8H,1-2H3,(H,17,18). The summed E-state index contributed by atoms with van der Waals surface area (Å²) < 4.78 is 5.31. The van der Waals surface area contributed by atoms with Crippen LogP contribution in [0.4, 0.5) is 10.5 Å². The molecule has 3 rings (SSSR count). The zero-order chi connectivity index (χ0) is 13.5. The lowest BCUT2D eigenvalue weighted by molar-refractivity contribution is 0.0421. The van der Waals surface area contributed by atoms with Gasteiger partial charge in [-0.2, -0.15) is 0 Å². The number of carbonyl (C=O) groups is 1. The fourth-order valence-corrected chi connectivity index (χ4v) is 2.19. The summed E-state index contributed by atoms with van der Waals surface area (Å²) in [6.07, 6.45) is 2.79. The molecule has 1 N–H and O–H groups in total. The van der Waals surface area contributed by atoms with E-state index in [2.05, 4.69) is 15.3 Å². The zero-order valence-electron chi connectivity index (χ0n) is 10.7. The molecule has 1 aliphatic rings. The molecule has 2 aromatic rings. The number of benzene rings is 1. The normalized spacial score (nSPS) is 16.2. The predicted molar refractivity (Wildman–Crippen MR) is 70.6 cm³/mol. The quantitative estimate of drug-likeness (QED) is 0.850. The molecule has 0 atom stereocenters. The fourth-order valence-electron chi connectivity index (χ4n) is 2.19. The molecule has 0 unspecified atom stereocenters. The molecule has 0 bridgehead atoms. The van der Waals surface area contributed by atoms with Crippen molar-refractivity contribution in [3.63, 3.8) is 0 Å². The van der Waals surface area contributed by atoms with Crippen molar-refractivity contribution in [1.82, 2.24) is 9.97 Å². The van der Waals surface area contributed by atoms with E-state index in [-0.39, 0.29) is 0 Å². The first-order valence-electron chi connectivity index (χ1n) is 5.97. The number of carbonyl (C=O) groups excluding carboxylic acids is 1. The molecule has 5 heteroatoms. The summed E-state index contributed by atoms with van der Waals surface area (Å²) in [6, 6.07) is 7.62. The Hall–Kier alpha value is -2.43. The van der Waals surface area contributed by atoms with Gasteiger partial charge < -0.3 is 4.74 Å². The monoisotopic (exact) mass is 255 g/mol. The third-order valence-corrected chi connectivity index (χ3v) is 3.13. The van der Waals surface area contributed by atoms with Gasteiger partial charge in [0, 0.05) is 17.3 Å². The van der Waals surface area contributed by atoms with Crippen LogP contribution >= 0.6 is 0 Å². The number of nitrogens with zero attached hydrogens (tertiary/aromatic N) is 2. The minimum absolute atomic E-state index is 0.424. The van der Waals surface area contributed by atoms with Crippen LogP contribution in [-0.4, -0.2) is 16.1 Å². The average Bonchev–Trinajstić information content (AvgIpc) is 2.38. The van der Waals surface area contributed by atoms with E-state index in [1.54, 1.807) is 6.20 Å². The van der Waals surface area contributed by atoms with Crippen LogP contribution in [0, 0.1) is 0 Å². The number of hydrogen-bond acceptors (Lipinski definition) is 4. The van der Waals surface area contributed by atoms with E-state index >= 15 is 0 Å². The summed E-state index contributed by atoms with van der Waals surface area (Å²) in [4.78, 5) is 19.6. The number of anilines is 1. The molecule has 0 aliphatic carbocycles. The lowest BCUT2D eigenvalue weighted by Gasteiger charge is -2.32. The molecule has 96 valence electrons. The van der Waals surface area contributed by atoms with Crippen LogP contribution in [0.2, 0.25) is 0 Å². The Morgan fingerprint density at radius 1 is 1.26 bits per heavy atom. The molecular weight excluding hydrogens is 242 g/mol. The van der Waals surface area contributed by atoms with Crippen molar-refractivity contribution in [3.8, 4) is 11.3 Å². The molecule has 2 heterocycles. The number of aromatic nitrogens is 2. The second-order valence-corrected chi connectivity index (χ2v) is 4.88. The number of rotatable bonds is 1. The summed E-state index contributed by atoms with van der Waals surface area (Å²) in [5.74, 6) is 0. The Morgan fingerprint density at radius 2 is 2.11 bits per heavy atom. The highest BCUT2D eigenvalue weighted by molar-refractivity contribution is 5.89. The van der Waals surface area contributed by atoms with Crippen LogP contribution < -0.4 is 5.32 Å². The largest absolute Gasteiger partial charge is 0.438 e. The van der Waals surface area contributed by atoms with Gasteiger partial charge in [-0.1, -0.05) is 6.07 Å². The number of nitrogens with one attached hydrogen (secondary N) is 1. The Morgan fingerprint density at radius 3 is 2.84 bits per heavy atom. The van der Waals surface area contributed by atoms with Gasteiger partial charge in [-0.15, -0.1) is 0 Å². The molecule has 1 amide bonds. The summed E-state index contributed by atoms with van der Waals surface area (Å²) in [5.41, 5.74) is 2.86. The molecule has 1 aromatic carbocycles. The van der Waals surface area contributed by atoms with Crippen molar-refractivity contribution >= 4 is 11.8 Å². The molecule has 19 heavy (non-hydrogen) atoms. The molecule has 0 radical (unpaired) electrons. The van der Waals surface area contributed by atoms with Crippen molar-refractivity contribution in [2.45, 2.75) is 19.4 Å². The van der Waals surface area contributed by atoms with Gasteiger partial charge >= 0.3 is 6.09 Å². The number of fused-ring (bicyclic) bond motifs is 1. The van der Waals surface area contributed by atoms with Gasteiger partial charge in [-0.3, -0.25) is 5.32 Å². The highest BCUT2D eigenvalue weighted by Gasteiger charge is 2.33. The summed E-state index contributed by atoms with van der Waals surface area (Å²) in [5, 5.41) is 2.70. The smallest absolute Gasteiger partial charge is 0.412 e. The summed E-state index contributed by atoms with van der Waals surface area (Å²) in [7, 11) is 0. The minimum Gasteiger partial charge on any atom is -0.438 e. The average molecular weight is 255 g/mol. The van der Waals surface area contributed by atoms with E-state index < -0.39 is 11.7 Å². The van der Waals surface area contributed by atoms with Gasteiger partial charge in [0.15, 0.2) is 0 Å². The third kappa shape index (κ3) is 2.03. The van der Waals surface area contributed by atoms with Crippen LogP contribution in [-0.2, 0) is 10.3 Å². The van der Waals surface area contributed by atoms with Crippen molar-refractivity contribution < 1.29 is 9.53 Å². The van der Waals surface area contributed by atoms with Crippen molar-refractivity contribution in [2.75, 3.05) is 5.32 Å². The van der Waals surface area contributed by atoms with E-state index in [4.69, 9.17) is 4.74 Å². The van der Waals surface area contributed by atoms with E-state index in [0.717, 1.165) is 22.5 Å². The van der Waals surface area contributed by atoms with E-state index in [1.807, 2.05) is 38.1 Å². The molecule has 5 nitrogen and oxygen atoms in total. The highest BCUT2D eigenvalue weighted by Crippen LogP contribution is 2.37. The minimum atomic E-state index is -0.652. The number of cyclic esters (lactones) is 1. The Kier molecular flexibility index (Phi) is 2.48. The fraction of sp³-hybridized carbons (Fsp3) is 0.214. The van der Waals surface area contributed by atoms with Crippen LogP contribution in [0.3, 0.4) is 0 Å². The molecule has 0 spiro atoms. The van der Waals surface area contributed by atoms with Crippen molar-refractivity contribution in [2.24, 2.45) is 0 Å². The maximum atomic E-state index is 11.4. The zero-order valence-corrected chi connectivity index (χ0v) is 10.7. The van der Waals surface area contributed by atoms with Crippen LogP contribution in [0.1, 0.15) is 19.4 Å². The van der Waals surface area contributed by atoms with Crippen LogP contribution in [0.25, 0.3) is 11.3 Å². The second kappa shape index (κ2) is 4.05. The van der Waals surface area contributed by atoms with Gasteiger partial charge in [-0.05, 0) is 32.0 Å². The van der Waals surface area contributed by atoms with Gasteiger partial charge in [0.1, 0.15) is 11.9 Å². The van der Waals surface area contributed by atoms with Gasteiger partial charge in [-0.25, -0.2) is 14.8 Å². The first kappa shape index (κ1) is 11.6. The van der Waals surface area contributed by atoms with Gasteiger partial charge in [0.05, 0.1) is 11.4 Å². The number of hydrogen-bond donors (Lipinski definition) is 1. The molecule has 0 saturated heterocycles. The lowest BCUT2D eigenvalue weighted by Crippen LogP contribution is -2.34. The maximum absolute atomic E-state index is 11.4. The van der Waals surface area contributed by atoms with Gasteiger partial charge in [0.2, 0.25) is 0 Å². The Labute approximate surface area is 110 Å². The van der Waals surface area contributed by atoms with E-state index in [0.29, 0.717) is 0 Å². The topological polar surface area (TPSA) is 64.1 Å². The number of ether oxygens (including phenoxy) is 1. The highest BCUT2D eigenvalue weighted by atomic mass is 16.6. The molecule has 0 fully saturated rings. The van der Waals surface area contributed by atoms with Crippen molar-refractivity contribution in [3.05, 3.63) is 42.4 Å². The Balaban J connectivity index is 2.12. The molecular formula is C14H13N3O2. The SMILES string of the molecule is CC1(C)OC(=O)Nc2ccc(-c3ccncn3)cc21. The maximum Gasteiger partial charge on any atom is 0.412 e. The number of amides is 1. The lowest BCUT2D eigenvalue weighted by atomic mass is 9.92. The summed E-state index contributed by atoms with van der Waals surface area (Å²) in [6.45, 7) is 3.74. The second-order valence-electron chi connectivity index (χ2n) is 4.88. The van der Waals surface area contributed by atoms with E-state index in [1.165, 1.54) is 6.33 Å². The Bertz CT molecular complexity index is 638. The first-order chi connectivity index (χ1) is 9.06. The summed E-state index contributed by atoms with van der Waals surface area (Å²) >= 11 is 0. The van der Waals surface area contributed by atoms with E-state index in [9.17, 15) is 4.79 Å². The van der Waals surface area contributed by atoms with Crippen LogP contribution in [0.15, 0.2) is 36.8 Å². The molecule has 0 saturated carbocycles. The predicted octanol–water partition coefficient (Wildman–Crippen LogP) is 2.94. The van der Waals surface area contributed by atoms with Gasteiger partial charge in [0.25, 0.3) is 0 Å². The van der Waals surface area contributed by atoms with Crippen molar-refractivity contribution in [1.29, 1.82) is 0 Å². The van der Waals surface area contributed by atoms with Crippen LogP contribution in [0.5, 0.6) is 0 Å². The molecule has 1 aromatic heterocycles. The first-order valence-corrected chi connectivity index (χ1v) is 5.97.